The van der Waals surface area contributed by atoms with Crippen molar-refractivity contribution in [1.82, 2.24) is 4.90 Å². The second-order valence-corrected chi connectivity index (χ2v) is 6.80. The van der Waals surface area contributed by atoms with E-state index < -0.39 is 5.97 Å². The van der Waals surface area contributed by atoms with Gasteiger partial charge in [0, 0.05) is 12.5 Å². The van der Waals surface area contributed by atoms with Crippen molar-refractivity contribution >= 4 is 18.4 Å². The van der Waals surface area contributed by atoms with Gasteiger partial charge in [-0.1, -0.05) is 36.4 Å². The van der Waals surface area contributed by atoms with Gasteiger partial charge in [0.25, 0.3) is 0 Å². The zero-order valence-electron chi connectivity index (χ0n) is 14.8. The molecule has 0 saturated heterocycles. The Hall–Kier alpha value is -2.35. The van der Waals surface area contributed by atoms with Crippen LogP contribution in [0.1, 0.15) is 34.6 Å². The number of aliphatic carboxylic acids is 1. The molecule has 3 rings (SSSR count). The molecule has 0 radical (unpaired) electrons. The summed E-state index contributed by atoms with van der Waals surface area (Å²) >= 11 is 0. The third kappa shape index (κ3) is 4.43. The Morgan fingerprint density at radius 3 is 2.65 bits per heavy atom. The van der Waals surface area contributed by atoms with Crippen molar-refractivity contribution < 1.29 is 9.90 Å². The number of fused-ring (bicyclic) bond motifs is 1. The predicted octanol–water partition coefficient (Wildman–Crippen LogP) is 3.69. The number of rotatable bonds is 5. The van der Waals surface area contributed by atoms with Crippen LogP contribution in [0.4, 0.5) is 0 Å². The zero-order chi connectivity index (χ0) is 17.8. The molecule has 0 aliphatic heterocycles. The lowest BCUT2D eigenvalue weighted by Gasteiger charge is -2.36. The fraction of sp³-hybridized carbons (Fsp3) is 0.333. The van der Waals surface area contributed by atoms with E-state index in [0.29, 0.717) is 11.5 Å². The summed E-state index contributed by atoms with van der Waals surface area (Å²) in [4.78, 5) is 12.9. The number of carboxylic acids is 1. The number of halogens is 1. The Morgan fingerprint density at radius 2 is 2.00 bits per heavy atom. The first-order valence-corrected chi connectivity index (χ1v) is 8.56. The Labute approximate surface area is 160 Å². The summed E-state index contributed by atoms with van der Waals surface area (Å²) < 4.78 is 0. The van der Waals surface area contributed by atoms with E-state index in [2.05, 4.69) is 24.3 Å². The molecule has 1 aliphatic rings. The van der Waals surface area contributed by atoms with Gasteiger partial charge in [-0.3, -0.25) is 9.69 Å². The summed E-state index contributed by atoms with van der Waals surface area (Å²) in [6.07, 6.45) is 1.92. The second kappa shape index (κ2) is 8.84. The van der Waals surface area contributed by atoms with Gasteiger partial charge < -0.3 is 5.11 Å². The Morgan fingerprint density at radius 1 is 1.27 bits per heavy atom. The molecule has 0 aromatic heterocycles. The average molecular weight is 371 g/mol. The van der Waals surface area contributed by atoms with Gasteiger partial charge >= 0.3 is 5.97 Å². The number of carboxylic acid groups (broad SMARTS) is 1. The molecule has 0 heterocycles. The van der Waals surface area contributed by atoms with Crippen LogP contribution in [-0.2, 0) is 11.2 Å². The zero-order valence-corrected chi connectivity index (χ0v) is 15.6. The highest BCUT2D eigenvalue weighted by atomic mass is 35.5. The molecular formula is C21H23ClN2O2. The average Bonchev–Trinajstić information content (AvgIpc) is 2.61. The molecule has 2 aromatic rings. The van der Waals surface area contributed by atoms with Crippen molar-refractivity contribution in [3.05, 3.63) is 70.8 Å². The molecule has 26 heavy (non-hydrogen) atoms. The minimum Gasteiger partial charge on any atom is -0.480 e. The molecule has 2 aromatic carbocycles. The van der Waals surface area contributed by atoms with E-state index >= 15 is 0 Å². The number of hydrogen-bond acceptors (Lipinski definition) is 3. The lowest BCUT2D eigenvalue weighted by atomic mass is 9.71. The lowest BCUT2D eigenvalue weighted by Crippen LogP contribution is -2.35. The summed E-state index contributed by atoms with van der Waals surface area (Å²) in [6, 6.07) is 18.6. The predicted molar refractivity (Wildman–Crippen MR) is 104 cm³/mol. The van der Waals surface area contributed by atoms with Crippen LogP contribution in [0.2, 0.25) is 0 Å². The van der Waals surface area contributed by atoms with E-state index in [1.54, 1.807) is 0 Å². The van der Waals surface area contributed by atoms with E-state index in [9.17, 15) is 4.79 Å². The number of likely N-dealkylation sites (N-methyl/N-ethyl adjacent to an activating group) is 1. The summed E-state index contributed by atoms with van der Waals surface area (Å²) in [7, 11) is 1.87. The molecule has 1 N–H and O–H groups in total. The van der Waals surface area contributed by atoms with Crippen LogP contribution in [0, 0.1) is 17.2 Å². The number of nitriles is 1. The standard InChI is InChI=1S/C21H22N2O2.ClH/c1-23(14-20(24)25)13-18-9-8-17-11-15(12-22)7-10-19(17)21(18)16-5-3-2-4-6-16;/h2-7,10-11,18,21H,8-9,13-14H2,1H3,(H,24,25);1H. The minimum absolute atomic E-state index is 0. The van der Waals surface area contributed by atoms with E-state index in [4.69, 9.17) is 10.4 Å². The van der Waals surface area contributed by atoms with Gasteiger partial charge in [0.15, 0.2) is 0 Å². The molecule has 0 spiro atoms. The van der Waals surface area contributed by atoms with E-state index in [-0.39, 0.29) is 24.9 Å². The van der Waals surface area contributed by atoms with Crippen molar-refractivity contribution in [2.75, 3.05) is 20.1 Å². The highest BCUT2D eigenvalue weighted by molar-refractivity contribution is 5.85. The molecule has 2 unspecified atom stereocenters. The van der Waals surface area contributed by atoms with Crippen LogP contribution in [0.25, 0.3) is 0 Å². The first-order valence-electron chi connectivity index (χ1n) is 8.56. The molecule has 0 fully saturated rings. The Kier molecular flexibility index (Phi) is 6.79. The number of hydrogen-bond donors (Lipinski definition) is 1. The van der Waals surface area contributed by atoms with Crippen LogP contribution in [0.3, 0.4) is 0 Å². The van der Waals surface area contributed by atoms with Crippen LogP contribution in [-0.4, -0.2) is 36.1 Å². The topological polar surface area (TPSA) is 64.3 Å². The fourth-order valence-corrected chi connectivity index (χ4v) is 3.96. The van der Waals surface area contributed by atoms with Gasteiger partial charge in [-0.2, -0.15) is 5.26 Å². The van der Waals surface area contributed by atoms with Crippen molar-refractivity contribution in [3.63, 3.8) is 0 Å². The summed E-state index contributed by atoms with van der Waals surface area (Å²) in [5.41, 5.74) is 4.46. The molecule has 0 bridgehead atoms. The molecule has 136 valence electrons. The lowest BCUT2D eigenvalue weighted by molar-refractivity contribution is -0.138. The van der Waals surface area contributed by atoms with Gasteiger partial charge in [0.1, 0.15) is 0 Å². The molecule has 5 heteroatoms. The van der Waals surface area contributed by atoms with E-state index in [1.165, 1.54) is 16.7 Å². The van der Waals surface area contributed by atoms with Crippen LogP contribution in [0.5, 0.6) is 0 Å². The molecule has 0 amide bonds. The highest BCUT2D eigenvalue weighted by Crippen LogP contribution is 2.41. The first kappa shape index (κ1) is 20.0. The second-order valence-electron chi connectivity index (χ2n) is 6.80. The van der Waals surface area contributed by atoms with Crippen molar-refractivity contribution in [3.8, 4) is 6.07 Å². The van der Waals surface area contributed by atoms with E-state index in [0.717, 1.165) is 19.4 Å². The highest BCUT2D eigenvalue weighted by Gasteiger charge is 2.31. The number of benzene rings is 2. The van der Waals surface area contributed by atoms with Crippen LogP contribution in [0.15, 0.2) is 48.5 Å². The quantitative estimate of drug-likeness (QED) is 0.871. The summed E-state index contributed by atoms with van der Waals surface area (Å²) in [6.45, 7) is 0.795. The fourth-order valence-electron chi connectivity index (χ4n) is 3.96. The minimum atomic E-state index is -0.798. The Bertz CT molecular complexity index is 801. The maximum absolute atomic E-state index is 11.0. The van der Waals surface area contributed by atoms with Crippen molar-refractivity contribution in [1.29, 1.82) is 5.26 Å². The van der Waals surface area contributed by atoms with Gasteiger partial charge in [0.2, 0.25) is 0 Å². The molecule has 0 saturated carbocycles. The number of carbonyl (C=O) groups is 1. The maximum Gasteiger partial charge on any atom is 0.317 e. The third-order valence-corrected chi connectivity index (χ3v) is 4.97. The molecular weight excluding hydrogens is 348 g/mol. The molecule has 2 atom stereocenters. The molecule has 1 aliphatic carbocycles. The third-order valence-electron chi connectivity index (χ3n) is 4.97. The van der Waals surface area contributed by atoms with E-state index in [1.807, 2.05) is 42.3 Å². The number of aryl methyl sites for hydroxylation is 1. The number of nitrogens with zero attached hydrogens (tertiary/aromatic N) is 2. The van der Waals surface area contributed by atoms with Crippen molar-refractivity contribution in [2.45, 2.75) is 18.8 Å². The maximum atomic E-state index is 11.0. The van der Waals surface area contributed by atoms with Gasteiger partial charge in [-0.15, -0.1) is 12.4 Å². The molecule has 4 nitrogen and oxygen atoms in total. The van der Waals surface area contributed by atoms with Gasteiger partial charge in [-0.05, 0) is 54.6 Å². The largest absolute Gasteiger partial charge is 0.480 e. The smallest absolute Gasteiger partial charge is 0.317 e. The first-order chi connectivity index (χ1) is 12.1. The summed E-state index contributed by atoms with van der Waals surface area (Å²) in [5.74, 6) is -0.213. The SMILES string of the molecule is CN(CC(=O)O)CC1CCc2cc(C#N)ccc2C1c1ccccc1.Cl. The van der Waals surface area contributed by atoms with Gasteiger partial charge in [0.05, 0.1) is 18.2 Å². The van der Waals surface area contributed by atoms with Crippen LogP contribution < -0.4 is 0 Å². The summed E-state index contributed by atoms with van der Waals surface area (Å²) in [5, 5.41) is 18.2. The Balaban J connectivity index is 0.00000243. The van der Waals surface area contributed by atoms with Crippen LogP contribution >= 0.6 is 12.4 Å². The van der Waals surface area contributed by atoms with Gasteiger partial charge in [-0.25, -0.2) is 0 Å². The van der Waals surface area contributed by atoms with Crippen molar-refractivity contribution in [2.24, 2.45) is 5.92 Å². The monoisotopic (exact) mass is 370 g/mol. The normalized spacial score (nSPS) is 18.5.